The highest BCUT2D eigenvalue weighted by atomic mass is 35.5. The first kappa shape index (κ1) is 12.2. The number of aryl methyl sites for hydroxylation is 2. The number of rotatable bonds is 3. The van der Waals surface area contributed by atoms with Crippen LogP contribution in [0.15, 0.2) is 0 Å². The van der Waals surface area contributed by atoms with Gasteiger partial charge < -0.3 is 0 Å². The highest BCUT2D eigenvalue weighted by Gasteiger charge is 2.25. The maximum atomic E-state index is 6.22. The Bertz CT molecular complexity index is 376. The highest BCUT2D eigenvalue weighted by Crippen LogP contribution is 2.25. The third-order valence-electron chi connectivity index (χ3n) is 3.31. The standard InChI is InChI=1S/C11H17Cl2N3/c1-8-10(11(13)15(2)14-8)7-16-5-3-4-9(16)6-12/h9H,3-7H2,1-2H3. The first-order valence-electron chi connectivity index (χ1n) is 5.61. The fourth-order valence-corrected chi connectivity index (χ4v) is 2.92. The van der Waals surface area contributed by atoms with Crippen LogP contribution in [-0.4, -0.2) is 33.1 Å². The summed E-state index contributed by atoms with van der Waals surface area (Å²) in [7, 11) is 1.88. The van der Waals surface area contributed by atoms with Crippen LogP contribution >= 0.6 is 23.2 Å². The monoisotopic (exact) mass is 261 g/mol. The summed E-state index contributed by atoms with van der Waals surface area (Å²) in [6.07, 6.45) is 2.43. The molecule has 1 fully saturated rings. The Labute approximate surface area is 106 Å². The summed E-state index contributed by atoms with van der Waals surface area (Å²) in [6.45, 7) is 3.99. The topological polar surface area (TPSA) is 21.1 Å². The Morgan fingerprint density at radius 2 is 2.25 bits per heavy atom. The lowest BCUT2D eigenvalue weighted by Gasteiger charge is -2.22. The number of halogens is 2. The Morgan fingerprint density at radius 1 is 1.50 bits per heavy atom. The van der Waals surface area contributed by atoms with Gasteiger partial charge in [-0.3, -0.25) is 9.58 Å². The second-order valence-corrected chi connectivity index (χ2v) is 5.07. The van der Waals surface area contributed by atoms with Gasteiger partial charge in [-0.25, -0.2) is 0 Å². The number of hydrogen-bond acceptors (Lipinski definition) is 2. The summed E-state index contributed by atoms with van der Waals surface area (Å²) >= 11 is 12.2. The van der Waals surface area contributed by atoms with Gasteiger partial charge in [0.15, 0.2) is 0 Å². The van der Waals surface area contributed by atoms with Gasteiger partial charge in [-0.2, -0.15) is 5.10 Å². The third kappa shape index (κ3) is 2.22. The molecule has 0 bridgehead atoms. The lowest BCUT2D eigenvalue weighted by Crippen LogP contribution is -2.30. The van der Waals surface area contributed by atoms with Gasteiger partial charge >= 0.3 is 0 Å². The fraction of sp³-hybridized carbons (Fsp3) is 0.727. The van der Waals surface area contributed by atoms with E-state index in [0.29, 0.717) is 11.9 Å². The zero-order valence-electron chi connectivity index (χ0n) is 9.71. The van der Waals surface area contributed by atoms with E-state index in [0.717, 1.165) is 29.5 Å². The average molecular weight is 262 g/mol. The highest BCUT2D eigenvalue weighted by molar-refractivity contribution is 6.30. The van der Waals surface area contributed by atoms with E-state index in [2.05, 4.69) is 10.00 Å². The van der Waals surface area contributed by atoms with Crippen molar-refractivity contribution in [2.24, 2.45) is 7.05 Å². The van der Waals surface area contributed by atoms with E-state index < -0.39 is 0 Å². The Morgan fingerprint density at radius 3 is 2.81 bits per heavy atom. The van der Waals surface area contributed by atoms with Crippen molar-refractivity contribution in [1.82, 2.24) is 14.7 Å². The van der Waals surface area contributed by atoms with E-state index >= 15 is 0 Å². The number of likely N-dealkylation sites (tertiary alicyclic amines) is 1. The molecule has 1 atom stereocenters. The number of nitrogens with zero attached hydrogens (tertiary/aromatic N) is 3. The Hall–Kier alpha value is -0.250. The van der Waals surface area contributed by atoms with Crippen molar-refractivity contribution in [2.75, 3.05) is 12.4 Å². The summed E-state index contributed by atoms with van der Waals surface area (Å²) in [4.78, 5) is 2.41. The van der Waals surface area contributed by atoms with Gasteiger partial charge in [0.2, 0.25) is 0 Å². The largest absolute Gasteiger partial charge is 0.295 e. The SMILES string of the molecule is Cc1nn(C)c(Cl)c1CN1CCCC1CCl. The zero-order valence-corrected chi connectivity index (χ0v) is 11.2. The third-order valence-corrected chi connectivity index (χ3v) is 4.14. The minimum atomic E-state index is 0.498. The van der Waals surface area contributed by atoms with Crippen LogP contribution in [0.4, 0.5) is 0 Å². The van der Waals surface area contributed by atoms with E-state index in [1.165, 1.54) is 12.8 Å². The van der Waals surface area contributed by atoms with Crippen LogP contribution in [0.25, 0.3) is 0 Å². The van der Waals surface area contributed by atoms with Crippen molar-refractivity contribution in [3.05, 3.63) is 16.4 Å². The maximum absolute atomic E-state index is 6.22. The molecule has 1 aliphatic rings. The fourth-order valence-electron chi connectivity index (χ4n) is 2.33. The molecule has 2 heterocycles. The molecular weight excluding hydrogens is 245 g/mol. The molecule has 0 aromatic carbocycles. The van der Waals surface area contributed by atoms with Gasteiger partial charge in [-0.1, -0.05) is 11.6 Å². The van der Waals surface area contributed by atoms with E-state index in [4.69, 9.17) is 23.2 Å². The van der Waals surface area contributed by atoms with Crippen LogP contribution in [-0.2, 0) is 13.6 Å². The van der Waals surface area contributed by atoms with Gasteiger partial charge in [0.25, 0.3) is 0 Å². The molecule has 0 amide bonds. The van der Waals surface area contributed by atoms with Crippen molar-refractivity contribution in [2.45, 2.75) is 32.4 Å². The molecular formula is C11H17Cl2N3. The first-order chi connectivity index (χ1) is 7.63. The van der Waals surface area contributed by atoms with Gasteiger partial charge in [0.1, 0.15) is 5.15 Å². The summed E-state index contributed by atoms with van der Waals surface area (Å²) in [5, 5.41) is 5.08. The molecule has 0 aliphatic carbocycles. The second-order valence-electron chi connectivity index (χ2n) is 4.40. The van der Waals surface area contributed by atoms with E-state index in [9.17, 15) is 0 Å². The minimum absolute atomic E-state index is 0.498. The molecule has 1 aromatic heterocycles. The summed E-state index contributed by atoms with van der Waals surface area (Å²) in [5.74, 6) is 0.705. The van der Waals surface area contributed by atoms with Crippen LogP contribution in [0.5, 0.6) is 0 Å². The number of alkyl halides is 1. The number of hydrogen-bond donors (Lipinski definition) is 0. The predicted octanol–water partition coefficient (Wildman–Crippen LogP) is 2.59. The van der Waals surface area contributed by atoms with Gasteiger partial charge in [0, 0.05) is 31.1 Å². The molecule has 5 heteroatoms. The molecule has 1 aliphatic heterocycles. The quantitative estimate of drug-likeness (QED) is 0.781. The molecule has 0 spiro atoms. The van der Waals surface area contributed by atoms with Crippen molar-refractivity contribution in [3.8, 4) is 0 Å². The molecule has 0 N–H and O–H groups in total. The van der Waals surface area contributed by atoms with Crippen molar-refractivity contribution >= 4 is 23.2 Å². The van der Waals surface area contributed by atoms with Gasteiger partial charge in [0.05, 0.1) is 5.69 Å². The maximum Gasteiger partial charge on any atom is 0.131 e. The van der Waals surface area contributed by atoms with Crippen molar-refractivity contribution < 1.29 is 0 Å². The second kappa shape index (κ2) is 4.94. The molecule has 1 aromatic rings. The first-order valence-corrected chi connectivity index (χ1v) is 6.52. The predicted molar refractivity (Wildman–Crippen MR) is 67.1 cm³/mol. The molecule has 3 nitrogen and oxygen atoms in total. The molecule has 1 unspecified atom stereocenters. The van der Waals surface area contributed by atoms with Crippen LogP contribution in [0, 0.1) is 6.92 Å². The van der Waals surface area contributed by atoms with E-state index in [1.54, 1.807) is 4.68 Å². The summed E-state index contributed by atoms with van der Waals surface area (Å²) < 4.78 is 1.73. The van der Waals surface area contributed by atoms with E-state index in [-0.39, 0.29) is 0 Å². The lowest BCUT2D eigenvalue weighted by atomic mass is 10.2. The Balaban J connectivity index is 2.14. The van der Waals surface area contributed by atoms with Gasteiger partial charge in [-0.15, -0.1) is 11.6 Å². The van der Waals surface area contributed by atoms with Crippen LogP contribution in [0.3, 0.4) is 0 Å². The summed E-state index contributed by atoms with van der Waals surface area (Å²) in [5.41, 5.74) is 2.16. The van der Waals surface area contributed by atoms with Gasteiger partial charge in [-0.05, 0) is 26.3 Å². The number of aromatic nitrogens is 2. The van der Waals surface area contributed by atoms with Crippen LogP contribution < -0.4 is 0 Å². The van der Waals surface area contributed by atoms with Crippen LogP contribution in [0.1, 0.15) is 24.1 Å². The Kier molecular flexibility index (Phi) is 3.77. The molecule has 0 saturated carbocycles. The zero-order chi connectivity index (χ0) is 11.7. The smallest absolute Gasteiger partial charge is 0.131 e. The molecule has 16 heavy (non-hydrogen) atoms. The average Bonchev–Trinajstić information content (AvgIpc) is 2.79. The van der Waals surface area contributed by atoms with Crippen LogP contribution in [0.2, 0.25) is 5.15 Å². The van der Waals surface area contributed by atoms with E-state index in [1.807, 2.05) is 14.0 Å². The molecule has 0 radical (unpaired) electrons. The lowest BCUT2D eigenvalue weighted by molar-refractivity contribution is 0.262. The van der Waals surface area contributed by atoms with Crippen molar-refractivity contribution in [3.63, 3.8) is 0 Å². The molecule has 90 valence electrons. The molecule has 2 rings (SSSR count). The normalized spacial score (nSPS) is 21.9. The summed E-state index contributed by atoms with van der Waals surface area (Å²) in [6, 6.07) is 0.498. The van der Waals surface area contributed by atoms with Crippen molar-refractivity contribution in [1.29, 1.82) is 0 Å². The minimum Gasteiger partial charge on any atom is -0.295 e. The molecule has 1 saturated heterocycles.